The van der Waals surface area contributed by atoms with E-state index in [4.69, 9.17) is 16.4 Å². The van der Waals surface area contributed by atoms with Gasteiger partial charge in [-0.25, -0.2) is 0 Å². The van der Waals surface area contributed by atoms with Crippen LogP contribution in [-0.2, 0) is 17.9 Å². The number of oxime groups is 1. The molecule has 2 aromatic carbocycles. The molecule has 0 heterocycles. The summed E-state index contributed by atoms with van der Waals surface area (Å²) in [5.74, 6) is 0. The van der Waals surface area contributed by atoms with Gasteiger partial charge in [-0.05, 0) is 35.2 Å². The van der Waals surface area contributed by atoms with Crippen LogP contribution in [0.25, 0.3) is 0 Å². The molecule has 0 aliphatic heterocycles. The Balaban J connectivity index is 1.93. The summed E-state index contributed by atoms with van der Waals surface area (Å²) in [5, 5.41) is 4.72. The maximum Gasteiger partial charge on any atom is 0.142 e. The van der Waals surface area contributed by atoms with Crippen LogP contribution in [0, 0.1) is 0 Å². The highest BCUT2D eigenvalue weighted by Crippen LogP contribution is 2.11. The molecule has 0 atom stereocenters. The third-order valence-corrected chi connectivity index (χ3v) is 3.06. The summed E-state index contributed by atoms with van der Waals surface area (Å²) in [6.45, 7) is 2.55. The zero-order chi connectivity index (χ0) is 13.5. The lowest BCUT2D eigenvalue weighted by Gasteiger charge is -2.02. The Labute approximate surface area is 118 Å². The fourth-order valence-corrected chi connectivity index (χ4v) is 2.03. The van der Waals surface area contributed by atoms with E-state index in [9.17, 15) is 0 Å². The van der Waals surface area contributed by atoms with Gasteiger partial charge in [0.1, 0.15) is 6.61 Å². The molecule has 0 amide bonds. The van der Waals surface area contributed by atoms with Crippen LogP contribution in [-0.4, -0.2) is 6.21 Å². The maximum atomic E-state index is 5.90. The Bertz CT molecular complexity index is 566. The second kappa shape index (κ2) is 6.95. The molecule has 0 bridgehead atoms. The zero-order valence-corrected chi connectivity index (χ0v) is 11.6. The fourth-order valence-electron chi connectivity index (χ4n) is 1.81. The van der Waals surface area contributed by atoms with Crippen LogP contribution in [0.4, 0.5) is 0 Å². The SMILES string of the molecule is CCc1ccccc1C=NOCc1cccc(Cl)c1. The number of aryl methyl sites for hydroxylation is 1. The first-order valence-electron chi connectivity index (χ1n) is 6.27. The standard InChI is InChI=1S/C16H16ClNO/c1-2-14-7-3-4-8-15(14)11-18-19-12-13-6-5-9-16(17)10-13/h3-11H,2,12H2,1H3. The molecule has 3 heteroatoms. The molecule has 98 valence electrons. The molecule has 0 radical (unpaired) electrons. The summed E-state index contributed by atoms with van der Waals surface area (Å²) in [5.41, 5.74) is 3.36. The second-order valence-corrected chi connectivity index (χ2v) is 4.63. The van der Waals surface area contributed by atoms with Gasteiger partial charge in [0.2, 0.25) is 0 Å². The van der Waals surface area contributed by atoms with Gasteiger partial charge < -0.3 is 4.84 Å². The molecule has 0 fully saturated rings. The van der Waals surface area contributed by atoms with Crippen molar-refractivity contribution in [3.8, 4) is 0 Å². The van der Waals surface area contributed by atoms with E-state index in [1.807, 2.05) is 42.5 Å². The van der Waals surface area contributed by atoms with E-state index in [1.165, 1.54) is 5.56 Å². The lowest BCUT2D eigenvalue weighted by molar-refractivity contribution is 0.132. The van der Waals surface area contributed by atoms with Gasteiger partial charge in [0.15, 0.2) is 0 Å². The minimum Gasteiger partial charge on any atom is -0.391 e. The molecule has 2 nitrogen and oxygen atoms in total. The lowest BCUT2D eigenvalue weighted by Crippen LogP contribution is -1.92. The molecular formula is C16H16ClNO. The molecule has 2 rings (SSSR count). The van der Waals surface area contributed by atoms with Crippen molar-refractivity contribution >= 4 is 17.8 Å². The largest absolute Gasteiger partial charge is 0.391 e. The lowest BCUT2D eigenvalue weighted by atomic mass is 10.1. The van der Waals surface area contributed by atoms with Gasteiger partial charge in [0.25, 0.3) is 0 Å². The van der Waals surface area contributed by atoms with Crippen molar-refractivity contribution in [2.75, 3.05) is 0 Å². The Kier molecular flexibility index (Phi) is 4.99. The zero-order valence-electron chi connectivity index (χ0n) is 10.8. The molecule has 2 aromatic rings. The minimum absolute atomic E-state index is 0.422. The molecule has 0 spiro atoms. The van der Waals surface area contributed by atoms with Crippen LogP contribution < -0.4 is 0 Å². The van der Waals surface area contributed by atoms with Crippen LogP contribution in [0.1, 0.15) is 23.6 Å². The van der Waals surface area contributed by atoms with Crippen molar-refractivity contribution in [1.82, 2.24) is 0 Å². The van der Waals surface area contributed by atoms with Crippen LogP contribution in [0.3, 0.4) is 0 Å². The van der Waals surface area contributed by atoms with Gasteiger partial charge in [-0.1, -0.05) is 60.1 Å². The highest BCUT2D eigenvalue weighted by molar-refractivity contribution is 6.30. The number of hydrogen-bond donors (Lipinski definition) is 0. The summed E-state index contributed by atoms with van der Waals surface area (Å²) in [6, 6.07) is 15.7. The van der Waals surface area contributed by atoms with Crippen molar-refractivity contribution in [1.29, 1.82) is 0 Å². The Morgan fingerprint density at radius 3 is 2.79 bits per heavy atom. The first-order valence-corrected chi connectivity index (χ1v) is 6.65. The van der Waals surface area contributed by atoms with Crippen LogP contribution >= 0.6 is 11.6 Å². The number of hydrogen-bond acceptors (Lipinski definition) is 2. The third kappa shape index (κ3) is 4.11. The highest BCUT2D eigenvalue weighted by Gasteiger charge is 1.96. The topological polar surface area (TPSA) is 21.6 Å². The van der Waals surface area contributed by atoms with Gasteiger partial charge >= 0.3 is 0 Å². The van der Waals surface area contributed by atoms with Gasteiger partial charge in [0.05, 0.1) is 6.21 Å². The Morgan fingerprint density at radius 1 is 1.16 bits per heavy atom. The Hall–Kier alpha value is -1.80. The predicted molar refractivity (Wildman–Crippen MR) is 79.7 cm³/mol. The highest BCUT2D eigenvalue weighted by atomic mass is 35.5. The van der Waals surface area contributed by atoms with Gasteiger partial charge in [-0.15, -0.1) is 0 Å². The summed E-state index contributed by atoms with van der Waals surface area (Å²) < 4.78 is 0. The number of nitrogens with zero attached hydrogens (tertiary/aromatic N) is 1. The molecule has 0 aliphatic rings. The maximum absolute atomic E-state index is 5.90. The molecule has 0 saturated carbocycles. The van der Waals surface area contributed by atoms with Gasteiger partial charge in [0, 0.05) is 5.02 Å². The van der Waals surface area contributed by atoms with Crippen molar-refractivity contribution in [3.05, 3.63) is 70.2 Å². The van der Waals surface area contributed by atoms with Gasteiger partial charge in [-0.2, -0.15) is 0 Å². The molecule has 0 aliphatic carbocycles. The summed E-state index contributed by atoms with van der Waals surface area (Å²) in [4.78, 5) is 5.29. The van der Waals surface area contributed by atoms with Gasteiger partial charge in [-0.3, -0.25) is 0 Å². The first kappa shape index (κ1) is 13.6. The monoisotopic (exact) mass is 273 g/mol. The minimum atomic E-state index is 0.422. The molecular weight excluding hydrogens is 258 g/mol. The van der Waals surface area contributed by atoms with E-state index in [0.29, 0.717) is 11.6 Å². The van der Waals surface area contributed by atoms with E-state index >= 15 is 0 Å². The van der Waals surface area contributed by atoms with E-state index in [2.05, 4.69) is 18.1 Å². The Morgan fingerprint density at radius 2 is 2.00 bits per heavy atom. The van der Waals surface area contributed by atoms with E-state index in [1.54, 1.807) is 6.21 Å². The second-order valence-electron chi connectivity index (χ2n) is 4.19. The predicted octanol–water partition coefficient (Wildman–Crippen LogP) is 4.45. The molecule has 0 saturated heterocycles. The van der Waals surface area contributed by atoms with E-state index in [0.717, 1.165) is 17.5 Å². The van der Waals surface area contributed by atoms with E-state index in [-0.39, 0.29) is 0 Å². The number of rotatable bonds is 5. The molecule has 0 aromatic heterocycles. The summed E-state index contributed by atoms with van der Waals surface area (Å²) in [6.07, 6.45) is 2.74. The molecule has 0 unspecified atom stereocenters. The van der Waals surface area contributed by atoms with Crippen molar-refractivity contribution < 1.29 is 4.84 Å². The van der Waals surface area contributed by atoms with Crippen LogP contribution in [0.5, 0.6) is 0 Å². The van der Waals surface area contributed by atoms with Crippen molar-refractivity contribution in [3.63, 3.8) is 0 Å². The molecule has 0 N–H and O–H groups in total. The molecule has 19 heavy (non-hydrogen) atoms. The van der Waals surface area contributed by atoms with Crippen LogP contribution in [0.2, 0.25) is 5.02 Å². The summed E-state index contributed by atoms with van der Waals surface area (Å²) >= 11 is 5.90. The smallest absolute Gasteiger partial charge is 0.142 e. The first-order chi connectivity index (χ1) is 9.29. The van der Waals surface area contributed by atoms with Crippen molar-refractivity contribution in [2.45, 2.75) is 20.0 Å². The fraction of sp³-hybridized carbons (Fsp3) is 0.188. The average molecular weight is 274 g/mol. The van der Waals surface area contributed by atoms with E-state index < -0.39 is 0 Å². The quantitative estimate of drug-likeness (QED) is 0.582. The average Bonchev–Trinajstić information content (AvgIpc) is 2.44. The number of benzene rings is 2. The number of halogens is 1. The summed E-state index contributed by atoms with van der Waals surface area (Å²) in [7, 11) is 0. The van der Waals surface area contributed by atoms with Crippen molar-refractivity contribution in [2.24, 2.45) is 5.16 Å². The normalized spacial score (nSPS) is 10.8. The van der Waals surface area contributed by atoms with Crippen LogP contribution in [0.15, 0.2) is 53.7 Å². The third-order valence-electron chi connectivity index (χ3n) is 2.82.